The van der Waals surface area contributed by atoms with Gasteiger partial charge in [-0.25, -0.2) is 0 Å². The van der Waals surface area contributed by atoms with Crippen molar-refractivity contribution in [2.45, 2.75) is 31.7 Å². The molecule has 2 unspecified atom stereocenters. The largest absolute Gasteiger partial charge is 0.378 e. The van der Waals surface area contributed by atoms with Gasteiger partial charge >= 0.3 is 0 Å². The highest BCUT2D eigenvalue weighted by molar-refractivity contribution is 5.18. The Morgan fingerprint density at radius 3 is 2.67 bits per heavy atom. The Hall–Kier alpha value is -0.900. The molecule has 0 aromatic heterocycles. The maximum Gasteiger partial charge on any atom is 0.108 e. The molecule has 1 aromatic carbocycles. The van der Waals surface area contributed by atoms with Crippen LogP contribution in [0.15, 0.2) is 30.3 Å². The van der Waals surface area contributed by atoms with Crippen molar-refractivity contribution in [2.24, 2.45) is 5.73 Å². The molecule has 1 aliphatic heterocycles. The third-order valence-electron chi connectivity index (χ3n) is 3.01. The molecule has 3 nitrogen and oxygen atoms in total. The SMILES string of the molecule is NC(c1ccccc1)N1CCCCC1O. The van der Waals surface area contributed by atoms with Crippen molar-refractivity contribution in [1.29, 1.82) is 0 Å². The molecule has 0 spiro atoms. The van der Waals surface area contributed by atoms with E-state index in [1.165, 1.54) is 0 Å². The Bertz CT molecular complexity index is 302. The van der Waals surface area contributed by atoms with Gasteiger partial charge in [0.05, 0.1) is 6.17 Å². The topological polar surface area (TPSA) is 49.5 Å². The normalized spacial score (nSPS) is 25.1. The summed E-state index contributed by atoms with van der Waals surface area (Å²) in [5, 5.41) is 9.85. The van der Waals surface area contributed by atoms with Gasteiger partial charge in [0, 0.05) is 6.54 Å². The Kier molecular flexibility index (Phi) is 3.36. The minimum Gasteiger partial charge on any atom is -0.378 e. The number of hydrogen-bond acceptors (Lipinski definition) is 3. The molecule has 15 heavy (non-hydrogen) atoms. The van der Waals surface area contributed by atoms with Gasteiger partial charge < -0.3 is 10.8 Å². The van der Waals surface area contributed by atoms with Crippen LogP contribution in [-0.2, 0) is 0 Å². The van der Waals surface area contributed by atoms with Crippen molar-refractivity contribution in [1.82, 2.24) is 4.90 Å². The molecular weight excluding hydrogens is 188 g/mol. The Balaban J connectivity index is 2.09. The molecule has 0 radical (unpaired) electrons. The molecule has 3 N–H and O–H groups in total. The number of aliphatic hydroxyl groups is 1. The second-order valence-electron chi connectivity index (χ2n) is 4.07. The lowest BCUT2D eigenvalue weighted by molar-refractivity contribution is -0.0499. The van der Waals surface area contributed by atoms with Crippen LogP contribution >= 0.6 is 0 Å². The molecular formula is C12H18N2O. The third kappa shape index (κ3) is 2.37. The molecule has 0 saturated carbocycles. The van der Waals surface area contributed by atoms with E-state index >= 15 is 0 Å². The zero-order valence-electron chi connectivity index (χ0n) is 8.84. The van der Waals surface area contributed by atoms with Gasteiger partial charge in [0.25, 0.3) is 0 Å². The van der Waals surface area contributed by atoms with Gasteiger partial charge in [-0.3, -0.25) is 4.90 Å². The van der Waals surface area contributed by atoms with E-state index in [1.54, 1.807) is 0 Å². The molecule has 0 bridgehead atoms. The molecule has 1 heterocycles. The molecule has 1 aromatic rings. The van der Waals surface area contributed by atoms with E-state index in [4.69, 9.17) is 5.73 Å². The first-order chi connectivity index (χ1) is 7.29. The average molecular weight is 206 g/mol. The summed E-state index contributed by atoms with van der Waals surface area (Å²) >= 11 is 0. The highest BCUT2D eigenvalue weighted by Gasteiger charge is 2.25. The Morgan fingerprint density at radius 1 is 1.27 bits per heavy atom. The molecule has 0 aliphatic carbocycles. The predicted molar refractivity (Wildman–Crippen MR) is 59.9 cm³/mol. The van der Waals surface area contributed by atoms with Crippen LogP contribution < -0.4 is 5.73 Å². The number of benzene rings is 1. The average Bonchev–Trinajstić information content (AvgIpc) is 2.30. The lowest BCUT2D eigenvalue weighted by atomic mass is 10.1. The summed E-state index contributed by atoms with van der Waals surface area (Å²) in [6.45, 7) is 0.886. The van der Waals surface area contributed by atoms with Crippen LogP contribution in [0.3, 0.4) is 0 Å². The number of likely N-dealkylation sites (tertiary alicyclic amines) is 1. The number of nitrogens with zero attached hydrogens (tertiary/aromatic N) is 1. The summed E-state index contributed by atoms with van der Waals surface area (Å²) < 4.78 is 0. The standard InChI is InChI=1S/C12H18N2O/c13-12(10-6-2-1-3-7-10)14-9-5-4-8-11(14)15/h1-3,6-7,11-12,15H,4-5,8-9,13H2. The smallest absolute Gasteiger partial charge is 0.108 e. The van der Waals surface area contributed by atoms with Gasteiger partial charge in [0.1, 0.15) is 6.23 Å². The summed E-state index contributed by atoms with van der Waals surface area (Å²) in [5.41, 5.74) is 7.19. The minimum atomic E-state index is -0.381. The third-order valence-corrected chi connectivity index (χ3v) is 3.01. The van der Waals surface area contributed by atoms with E-state index in [9.17, 15) is 5.11 Å². The molecule has 1 fully saturated rings. The second kappa shape index (κ2) is 4.75. The van der Waals surface area contributed by atoms with Crippen molar-refractivity contribution in [3.8, 4) is 0 Å². The van der Waals surface area contributed by atoms with Gasteiger partial charge in [0.2, 0.25) is 0 Å². The zero-order chi connectivity index (χ0) is 10.7. The molecule has 3 heteroatoms. The first kappa shape index (κ1) is 10.6. The first-order valence-electron chi connectivity index (χ1n) is 5.53. The summed E-state index contributed by atoms with van der Waals surface area (Å²) in [6, 6.07) is 9.94. The van der Waals surface area contributed by atoms with Crippen molar-refractivity contribution in [3.05, 3.63) is 35.9 Å². The number of hydrogen-bond donors (Lipinski definition) is 2. The lowest BCUT2D eigenvalue weighted by Crippen LogP contribution is -2.45. The van der Waals surface area contributed by atoms with Crippen LogP contribution in [0.2, 0.25) is 0 Å². The zero-order valence-corrected chi connectivity index (χ0v) is 8.84. The van der Waals surface area contributed by atoms with E-state index in [0.29, 0.717) is 0 Å². The van der Waals surface area contributed by atoms with E-state index in [1.807, 2.05) is 35.2 Å². The van der Waals surface area contributed by atoms with Gasteiger partial charge in [-0.1, -0.05) is 30.3 Å². The van der Waals surface area contributed by atoms with Crippen LogP contribution in [0.4, 0.5) is 0 Å². The summed E-state index contributed by atoms with van der Waals surface area (Å²) in [4.78, 5) is 1.97. The van der Waals surface area contributed by atoms with Crippen molar-refractivity contribution >= 4 is 0 Å². The van der Waals surface area contributed by atoms with E-state index < -0.39 is 0 Å². The Morgan fingerprint density at radius 2 is 2.00 bits per heavy atom. The van der Waals surface area contributed by atoms with E-state index in [2.05, 4.69) is 0 Å². The lowest BCUT2D eigenvalue weighted by Gasteiger charge is -2.36. The maximum absolute atomic E-state index is 9.85. The van der Waals surface area contributed by atoms with Crippen LogP contribution in [-0.4, -0.2) is 22.8 Å². The molecule has 1 saturated heterocycles. The fourth-order valence-electron chi connectivity index (χ4n) is 2.10. The molecule has 82 valence electrons. The second-order valence-corrected chi connectivity index (χ2v) is 4.07. The van der Waals surface area contributed by atoms with Crippen LogP contribution in [0, 0.1) is 0 Å². The van der Waals surface area contributed by atoms with Crippen LogP contribution in [0.5, 0.6) is 0 Å². The number of rotatable bonds is 2. The van der Waals surface area contributed by atoms with Gasteiger partial charge in [-0.15, -0.1) is 0 Å². The van der Waals surface area contributed by atoms with Crippen LogP contribution in [0.1, 0.15) is 31.0 Å². The molecule has 2 atom stereocenters. The maximum atomic E-state index is 9.85. The molecule has 2 rings (SSSR count). The van der Waals surface area contributed by atoms with Crippen molar-refractivity contribution in [3.63, 3.8) is 0 Å². The quantitative estimate of drug-likeness (QED) is 0.770. The number of aliphatic hydroxyl groups excluding tert-OH is 1. The highest BCUT2D eigenvalue weighted by atomic mass is 16.3. The molecule has 1 aliphatic rings. The van der Waals surface area contributed by atoms with Crippen molar-refractivity contribution < 1.29 is 5.11 Å². The number of nitrogens with two attached hydrogens (primary N) is 1. The fourth-order valence-corrected chi connectivity index (χ4v) is 2.10. The predicted octanol–water partition coefficient (Wildman–Crippen LogP) is 1.45. The summed E-state index contributed by atoms with van der Waals surface area (Å²) in [7, 11) is 0. The van der Waals surface area contributed by atoms with E-state index in [0.717, 1.165) is 31.4 Å². The van der Waals surface area contributed by atoms with Gasteiger partial charge in [-0.05, 0) is 24.8 Å². The monoisotopic (exact) mass is 206 g/mol. The Labute approximate surface area is 90.5 Å². The number of piperidine rings is 1. The highest BCUT2D eigenvalue weighted by Crippen LogP contribution is 2.23. The fraction of sp³-hybridized carbons (Fsp3) is 0.500. The van der Waals surface area contributed by atoms with E-state index in [-0.39, 0.29) is 12.4 Å². The van der Waals surface area contributed by atoms with Gasteiger partial charge in [-0.2, -0.15) is 0 Å². The molecule has 0 amide bonds. The summed E-state index contributed by atoms with van der Waals surface area (Å²) in [6.07, 6.45) is 2.49. The van der Waals surface area contributed by atoms with Crippen LogP contribution in [0.25, 0.3) is 0 Å². The van der Waals surface area contributed by atoms with Crippen molar-refractivity contribution in [2.75, 3.05) is 6.54 Å². The van der Waals surface area contributed by atoms with Gasteiger partial charge in [0.15, 0.2) is 0 Å². The minimum absolute atomic E-state index is 0.179. The summed E-state index contributed by atoms with van der Waals surface area (Å²) in [5.74, 6) is 0. The first-order valence-corrected chi connectivity index (χ1v) is 5.53.